The van der Waals surface area contributed by atoms with Gasteiger partial charge in [-0.1, -0.05) is 43.3 Å². The van der Waals surface area contributed by atoms with Gasteiger partial charge in [0.15, 0.2) is 0 Å². The van der Waals surface area contributed by atoms with Crippen LogP contribution in [0.15, 0.2) is 77.7 Å². The zero-order valence-electron chi connectivity index (χ0n) is 17.4. The molecule has 1 aliphatic carbocycles. The Kier molecular flexibility index (Phi) is 5.77. The highest BCUT2D eigenvalue weighted by Crippen LogP contribution is 2.49. The third-order valence-corrected chi connectivity index (χ3v) is 7.41. The first-order valence-corrected chi connectivity index (χ1v) is 11.5. The van der Waals surface area contributed by atoms with Crippen molar-refractivity contribution in [2.45, 2.75) is 30.0 Å². The van der Waals surface area contributed by atoms with Gasteiger partial charge in [0.05, 0.1) is 23.6 Å². The molecule has 8 heteroatoms. The summed E-state index contributed by atoms with van der Waals surface area (Å²) in [6.45, 7) is 1.96. The molecule has 3 atom stereocenters. The van der Waals surface area contributed by atoms with Crippen molar-refractivity contribution in [2.75, 3.05) is 7.11 Å². The Morgan fingerprint density at radius 2 is 1.56 bits per heavy atom. The summed E-state index contributed by atoms with van der Waals surface area (Å²) in [5.74, 6) is 0.421. The van der Waals surface area contributed by atoms with Crippen LogP contribution in [0.25, 0.3) is 0 Å². The van der Waals surface area contributed by atoms with Gasteiger partial charge in [0, 0.05) is 5.92 Å². The van der Waals surface area contributed by atoms with E-state index in [4.69, 9.17) is 4.74 Å². The van der Waals surface area contributed by atoms with E-state index in [1.54, 1.807) is 0 Å². The molecule has 0 saturated heterocycles. The number of hydrogen-bond donors (Lipinski definition) is 1. The fraction of sp³-hybridized carbons (Fsp3) is 0.250. The number of halogens is 3. The first kappa shape index (κ1) is 22.4. The molecule has 0 saturated carbocycles. The summed E-state index contributed by atoms with van der Waals surface area (Å²) in [4.78, 5) is -0.217. The average Bonchev–Trinajstić information content (AvgIpc) is 3.04. The Morgan fingerprint density at radius 1 is 0.906 bits per heavy atom. The molecular weight excluding hydrogens is 439 g/mol. The largest absolute Gasteiger partial charge is 0.497 e. The molecule has 0 bridgehead atoms. The van der Waals surface area contributed by atoms with Crippen LogP contribution >= 0.6 is 0 Å². The predicted octanol–water partition coefficient (Wildman–Crippen LogP) is 5.52. The van der Waals surface area contributed by atoms with Gasteiger partial charge in [0.2, 0.25) is 10.0 Å². The number of benzene rings is 3. The fourth-order valence-electron chi connectivity index (χ4n) is 4.36. The molecule has 0 amide bonds. The highest BCUT2D eigenvalue weighted by molar-refractivity contribution is 7.89. The number of nitrogens with one attached hydrogen (secondary N) is 1. The topological polar surface area (TPSA) is 55.4 Å². The van der Waals surface area contributed by atoms with Crippen molar-refractivity contribution in [1.82, 2.24) is 4.72 Å². The van der Waals surface area contributed by atoms with Crippen LogP contribution in [0, 0.1) is 5.92 Å². The van der Waals surface area contributed by atoms with Crippen LogP contribution in [-0.2, 0) is 16.2 Å². The molecule has 4 rings (SSSR count). The van der Waals surface area contributed by atoms with Gasteiger partial charge in [-0.25, -0.2) is 13.1 Å². The molecule has 0 spiro atoms. The summed E-state index contributed by atoms with van der Waals surface area (Å²) >= 11 is 0. The van der Waals surface area contributed by atoms with Crippen LogP contribution in [0.2, 0.25) is 0 Å². The second kappa shape index (κ2) is 8.26. The summed E-state index contributed by atoms with van der Waals surface area (Å²) in [5, 5.41) is 0. The molecule has 0 fully saturated rings. The van der Waals surface area contributed by atoms with Crippen LogP contribution in [0.3, 0.4) is 0 Å². The lowest BCUT2D eigenvalue weighted by atomic mass is 9.86. The van der Waals surface area contributed by atoms with E-state index in [-0.39, 0.29) is 16.7 Å². The van der Waals surface area contributed by atoms with Crippen LogP contribution in [-0.4, -0.2) is 15.5 Å². The van der Waals surface area contributed by atoms with E-state index in [9.17, 15) is 21.6 Å². The van der Waals surface area contributed by atoms with Crippen molar-refractivity contribution in [1.29, 1.82) is 0 Å². The van der Waals surface area contributed by atoms with Crippen molar-refractivity contribution >= 4 is 10.0 Å². The Bertz CT molecular complexity index is 1210. The van der Waals surface area contributed by atoms with E-state index in [0.29, 0.717) is 5.75 Å². The first-order chi connectivity index (χ1) is 15.1. The van der Waals surface area contributed by atoms with Gasteiger partial charge in [-0.15, -0.1) is 0 Å². The zero-order valence-corrected chi connectivity index (χ0v) is 18.2. The first-order valence-electron chi connectivity index (χ1n) is 10.0. The monoisotopic (exact) mass is 461 g/mol. The number of ether oxygens (including phenoxy) is 1. The van der Waals surface area contributed by atoms with E-state index in [1.807, 2.05) is 55.5 Å². The van der Waals surface area contributed by atoms with E-state index >= 15 is 0 Å². The number of methoxy groups -OCH3 is 1. The molecule has 32 heavy (non-hydrogen) atoms. The van der Waals surface area contributed by atoms with Gasteiger partial charge in [-0.2, -0.15) is 13.2 Å². The number of hydrogen-bond acceptors (Lipinski definition) is 3. The van der Waals surface area contributed by atoms with E-state index in [0.717, 1.165) is 41.0 Å². The molecule has 0 unspecified atom stereocenters. The Balaban J connectivity index is 1.71. The van der Waals surface area contributed by atoms with Gasteiger partial charge in [0.25, 0.3) is 0 Å². The van der Waals surface area contributed by atoms with Crippen molar-refractivity contribution in [3.63, 3.8) is 0 Å². The molecule has 1 N–H and O–H groups in total. The average molecular weight is 462 g/mol. The summed E-state index contributed by atoms with van der Waals surface area (Å²) < 4.78 is 72.8. The highest BCUT2D eigenvalue weighted by Gasteiger charge is 2.41. The minimum absolute atomic E-state index is 0.0441. The third-order valence-electron chi connectivity index (χ3n) is 5.95. The lowest BCUT2D eigenvalue weighted by molar-refractivity contribution is -0.137. The lowest BCUT2D eigenvalue weighted by Gasteiger charge is -2.23. The summed E-state index contributed by atoms with van der Waals surface area (Å²) in [6, 6.07) is 18.3. The predicted molar refractivity (Wildman–Crippen MR) is 115 cm³/mol. The standard InChI is InChI=1S/C24H22F3NO3S/c1-15-22(16-6-4-3-5-7-16)20-13-10-18(31-2)14-21(20)23(15)28-32(29,30)19-11-8-17(9-12-19)24(25,26)27/h3-15,22-23,28H,1-2H3/t15-,22+,23+/m1/s1. The second-order valence-corrected chi connectivity index (χ2v) is 9.58. The maximum atomic E-state index is 13.1. The number of sulfonamides is 1. The zero-order chi connectivity index (χ0) is 23.1. The van der Waals surface area contributed by atoms with E-state index in [1.165, 1.54) is 7.11 Å². The van der Waals surface area contributed by atoms with Crippen molar-refractivity contribution < 1.29 is 26.3 Å². The van der Waals surface area contributed by atoms with Gasteiger partial charge in [-0.05, 0) is 59.0 Å². The van der Waals surface area contributed by atoms with Gasteiger partial charge >= 0.3 is 6.18 Å². The molecule has 0 aliphatic heterocycles. The second-order valence-electron chi connectivity index (χ2n) is 7.86. The van der Waals surface area contributed by atoms with Crippen molar-refractivity contribution in [3.05, 3.63) is 95.1 Å². The summed E-state index contributed by atoms with van der Waals surface area (Å²) in [6.07, 6.45) is -4.53. The highest BCUT2D eigenvalue weighted by atomic mass is 32.2. The van der Waals surface area contributed by atoms with Crippen LogP contribution in [0.5, 0.6) is 5.75 Å². The van der Waals surface area contributed by atoms with Crippen LogP contribution in [0.1, 0.15) is 41.1 Å². The minimum Gasteiger partial charge on any atom is -0.497 e. The molecule has 3 aromatic carbocycles. The maximum absolute atomic E-state index is 13.1. The SMILES string of the molecule is COc1ccc2c(c1)[C@@H](NS(=O)(=O)c1ccc(C(F)(F)F)cc1)[C@H](C)[C@H]2c1ccccc1. The number of alkyl halides is 3. The smallest absolute Gasteiger partial charge is 0.416 e. The number of fused-ring (bicyclic) bond motifs is 1. The Hall–Kier alpha value is -2.84. The number of rotatable bonds is 5. The Labute approximate surface area is 185 Å². The molecule has 0 radical (unpaired) electrons. The quantitative estimate of drug-likeness (QED) is 0.545. The van der Waals surface area contributed by atoms with Crippen LogP contribution in [0.4, 0.5) is 13.2 Å². The lowest BCUT2D eigenvalue weighted by Crippen LogP contribution is -2.31. The van der Waals surface area contributed by atoms with Gasteiger partial charge in [0.1, 0.15) is 5.75 Å². The normalized spacial score (nSPS) is 20.7. The summed E-state index contributed by atoms with van der Waals surface area (Å²) in [7, 11) is -2.53. The molecular formula is C24H22F3NO3S. The Morgan fingerprint density at radius 3 is 2.16 bits per heavy atom. The minimum atomic E-state index is -4.53. The van der Waals surface area contributed by atoms with Crippen LogP contribution < -0.4 is 9.46 Å². The van der Waals surface area contributed by atoms with Crippen molar-refractivity contribution in [2.24, 2.45) is 5.92 Å². The molecule has 0 heterocycles. The molecule has 168 valence electrons. The van der Waals surface area contributed by atoms with E-state index in [2.05, 4.69) is 4.72 Å². The molecule has 1 aliphatic rings. The van der Waals surface area contributed by atoms with Gasteiger partial charge < -0.3 is 4.74 Å². The summed E-state index contributed by atoms with van der Waals surface area (Å²) in [5.41, 5.74) is 1.94. The molecule has 0 aromatic heterocycles. The third kappa shape index (κ3) is 4.12. The molecule has 4 nitrogen and oxygen atoms in total. The molecule has 3 aromatic rings. The van der Waals surface area contributed by atoms with E-state index < -0.39 is 27.8 Å². The van der Waals surface area contributed by atoms with Gasteiger partial charge in [-0.3, -0.25) is 0 Å². The fourth-order valence-corrected chi connectivity index (χ4v) is 5.67. The maximum Gasteiger partial charge on any atom is 0.416 e. The van der Waals surface area contributed by atoms with Crippen molar-refractivity contribution in [3.8, 4) is 5.75 Å².